The lowest BCUT2D eigenvalue weighted by molar-refractivity contribution is 0.564. The maximum absolute atomic E-state index is 4.85. The van der Waals surface area contributed by atoms with Crippen LogP contribution in [0.1, 0.15) is 51.4 Å². The molecule has 0 bridgehead atoms. The van der Waals surface area contributed by atoms with Crippen LogP contribution in [0, 0.1) is 6.92 Å². The van der Waals surface area contributed by atoms with Crippen LogP contribution in [0.2, 0.25) is 0 Å². The third-order valence-electron chi connectivity index (χ3n) is 3.52. The van der Waals surface area contributed by atoms with Crippen LogP contribution in [0.4, 0.5) is 0 Å². The Morgan fingerprint density at radius 3 is 2.45 bits per heavy atom. The second-order valence-electron chi connectivity index (χ2n) is 6.97. The molecule has 0 atom stereocenters. The summed E-state index contributed by atoms with van der Waals surface area (Å²) in [7, 11) is 0. The van der Waals surface area contributed by atoms with Crippen LogP contribution in [0.3, 0.4) is 0 Å². The Morgan fingerprint density at radius 1 is 1.15 bits per heavy atom. The molecule has 0 amide bonds. The summed E-state index contributed by atoms with van der Waals surface area (Å²) in [6.45, 7) is 14.0. The molecule has 1 aromatic carbocycles. The van der Waals surface area contributed by atoms with Crippen molar-refractivity contribution < 1.29 is 0 Å². The molecule has 2 aromatic rings. The molecule has 0 aliphatic rings. The van der Waals surface area contributed by atoms with Gasteiger partial charge in [0.25, 0.3) is 0 Å². The molecule has 108 valence electrons. The van der Waals surface area contributed by atoms with E-state index in [0.717, 1.165) is 17.8 Å². The van der Waals surface area contributed by atoms with E-state index in [1.54, 1.807) is 0 Å². The third-order valence-corrected chi connectivity index (χ3v) is 3.52. The zero-order valence-corrected chi connectivity index (χ0v) is 13.5. The predicted molar refractivity (Wildman–Crippen MR) is 87.2 cm³/mol. The summed E-state index contributed by atoms with van der Waals surface area (Å²) in [5.74, 6) is 0. The van der Waals surface area contributed by atoms with Gasteiger partial charge in [-0.15, -0.1) is 0 Å². The van der Waals surface area contributed by atoms with Crippen molar-refractivity contribution in [3.8, 4) is 0 Å². The molecule has 0 aliphatic carbocycles. The van der Waals surface area contributed by atoms with Gasteiger partial charge in [-0.1, -0.05) is 46.2 Å². The van der Waals surface area contributed by atoms with Crippen molar-refractivity contribution in [2.45, 2.75) is 59.5 Å². The van der Waals surface area contributed by atoms with Crippen LogP contribution in [0.15, 0.2) is 24.3 Å². The van der Waals surface area contributed by atoms with Gasteiger partial charge in [0.15, 0.2) is 0 Å². The molecule has 20 heavy (non-hydrogen) atoms. The van der Waals surface area contributed by atoms with Crippen LogP contribution in [-0.2, 0) is 12.0 Å². The number of aryl methyl sites for hydroxylation is 1. The monoisotopic (exact) mass is 270 g/mol. The Bertz CT molecular complexity index is 607. The average Bonchev–Trinajstić information content (AvgIpc) is 2.34. The van der Waals surface area contributed by atoms with Crippen LogP contribution < -0.4 is 5.32 Å². The number of pyridine rings is 1. The smallest absolute Gasteiger partial charge is 0.0708 e. The first-order chi connectivity index (χ1) is 9.27. The highest BCUT2D eigenvalue weighted by Crippen LogP contribution is 2.26. The first-order valence-corrected chi connectivity index (χ1v) is 7.41. The lowest BCUT2D eigenvalue weighted by atomic mass is 9.89. The minimum atomic E-state index is 0.0751. The Morgan fingerprint density at radius 2 is 1.85 bits per heavy atom. The predicted octanol–water partition coefficient (Wildman–Crippen LogP) is 4.34. The molecule has 1 N–H and O–H groups in total. The molecular weight excluding hydrogens is 244 g/mol. The van der Waals surface area contributed by atoms with Crippen molar-refractivity contribution in [1.82, 2.24) is 10.3 Å². The van der Waals surface area contributed by atoms with E-state index in [-0.39, 0.29) is 5.41 Å². The van der Waals surface area contributed by atoms with Crippen molar-refractivity contribution in [3.05, 3.63) is 41.1 Å². The van der Waals surface area contributed by atoms with Crippen molar-refractivity contribution in [3.63, 3.8) is 0 Å². The average molecular weight is 270 g/mol. The SMILES string of the molecule is Cc1ccc2nc(C(C)(C)C)cc(CNC(C)C)c2c1. The normalized spacial score (nSPS) is 12.3. The van der Waals surface area contributed by atoms with E-state index in [2.05, 4.69) is 71.1 Å². The van der Waals surface area contributed by atoms with Crippen LogP contribution in [0.5, 0.6) is 0 Å². The molecule has 2 rings (SSSR count). The van der Waals surface area contributed by atoms with Gasteiger partial charge in [-0.05, 0) is 30.7 Å². The molecule has 2 heteroatoms. The fraction of sp³-hybridized carbons (Fsp3) is 0.500. The minimum Gasteiger partial charge on any atom is -0.310 e. The molecule has 0 saturated carbocycles. The van der Waals surface area contributed by atoms with Gasteiger partial charge in [-0.3, -0.25) is 4.98 Å². The number of benzene rings is 1. The molecule has 2 nitrogen and oxygen atoms in total. The lowest BCUT2D eigenvalue weighted by Gasteiger charge is -2.21. The van der Waals surface area contributed by atoms with E-state index in [0.29, 0.717) is 6.04 Å². The van der Waals surface area contributed by atoms with Crippen LogP contribution in [-0.4, -0.2) is 11.0 Å². The number of nitrogens with zero attached hydrogens (tertiary/aromatic N) is 1. The molecular formula is C18H26N2. The van der Waals surface area contributed by atoms with Gasteiger partial charge in [0.1, 0.15) is 0 Å². The summed E-state index contributed by atoms with van der Waals surface area (Å²) in [6, 6.07) is 9.27. The van der Waals surface area contributed by atoms with Crippen molar-refractivity contribution in [2.75, 3.05) is 0 Å². The highest BCUT2D eigenvalue weighted by Gasteiger charge is 2.17. The van der Waals surface area contributed by atoms with Gasteiger partial charge in [-0.2, -0.15) is 0 Å². The Kier molecular flexibility index (Phi) is 4.14. The third kappa shape index (κ3) is 3.37. The second kappa shape index (κ2) is 5.53. The van der Waals surface area contributed by atoms with Gasteiger partial charge >= 0.3 is 0 Å². The first kappa shape index (κ1) is 15.0. The maximum Gasteiger partial charge on any atom is 0.0708 e. The zero-order valence-electron chi connectivity index (χ0n) is 13.5. The number of nitrogens with one attached hydrogen (secondary N) is 1. The first-order valence-electron chi connectivity index (χ1n) is 7.41. The number of fused-ring (bicyclic) bond motifs is 1. The number of hydrogen-bond donors (Lipinski definition) is 1. The minimum absolute atomic E-state index is 0.0751. The van der Waals surface area contributed by atoms with Gasteiger partial charge < -0.3 is 5.32 Å². The van der Waals surface area contributed by atoms with Crippen LogP contribution in [0.25, 0.3) is 10.9 Å². The molecule has 0 radical (unpaired) electrons. The summed E-state index contributed by atoms with van der Waals surface area (Å²) in [4.78, 5) is 4.85. The lowest BCUT2D eigenvalue weighted by Crippen LogP contribution is -2.23. The topological polar surface area (TPSA) is 24.9 Å². The van der Waals surface area contributed by atoms with E-state index in [1.165, 1.54) is 16.5 Å². The second-order valence-corrected chi connectivity index (χ2v) is 6.97. The quantitative estimate of drug-likeness (QED) is 0.897. The van der Waals surface area contributed by atoms with E-state index >= 15 is 0 Å². The fourth-order valence-electron chi connectivity index (χ4n) is 2.25. The highest BCUT2D eigenvalue weighted by atomic mass is 14.9. The van der Waals surface area contributed by atoms with Crippen LogP contribution >= 0.6 is 0 Å². The van der Waals surface area contributed by atoms with E-state index in [4.69, 9.17) is 4.98 Å². The van der Waals surface area contributed by atoms with Gasteiger partial charge in [-0.25, -0.2) is 0 Å². The standard InChI is InChI=1S/C18H26N2/c1-12(2)19-11-14-10-17(18(4,5)6)20-16-8-7-13(3)9-15(14)16/h7-10,12,19H,11H2,1-6H3. The largest absolute Gasteiger partial charge is 0.310 e. The van der Waals surface area contributed by atoms with E-state index in [1.807, 2.05) is 0 Å². The molecule has 0 fully saturated rings. The summed E-state index contributed by atoms with van der Waals surface area (Å²) in [5, 5.41) is 4.79. The summed E-state index contributed by atoms with van der Waals surface area (Å²) in [6.07, 6.45) is 0. The van der Waals surface area contributed by atoms with Crippen molar-refractivity contribution in [2.24, 2.45) is 0 Å². The maximum atomic E-state index is 4.85. The molecule has 0 unspecified atom stereocenters. The highest BCUT2D eigenvalue weighted by molar-refractivity contribution is 5.83. The number of aromatic nitrogens is 1. The zero-order chi connectivity index (χ0) is 14.9. The van der Waals surface area contributed by atoms with Gasteiger partial charge in [0, 0.05) is 29.1 Å². The molecule has 0 aliphatic heterocycles. The fourth-order valence-corrected chi connectivity index (χ4v) is 2.25. The van der Waals surface area contributed by atoms with E-state index in [9.17, 15) is 0 Å². The Hall–Kier alpha value is -1.41. The Balaban J connectivity index is 2.57. The summed E-state index contributed by atoms with van der Waals surface area (Å²) in [5.41, 5.74) is 4.97. The van der Waals surface area contributed by atoms with Crippen molar-refractivity contribution in [1.29, 1.82) is 0 Å². The molecule has 1 aromatic heterocycles. The molecule has 1 heterocycles. The number of hydrogen-bond acceptors (Lipinski definition) is 2. The molecule has 0 spiro atoms. The van der Waals surface area contributed by atoms with Gasteiger partial charge in [0.2, 0.25) is 0 Å². The Labute approximate surface area is 122 Å². The number of rotatable bonds is 3. The van der Waals surface area contributed by atoms with E-state index < -0.39 is 0 Å². The molecule has 0 saturated heterocycles. The summed E-state index contributed by atoms with van der Waals surface area (Å²) >= 11 is 0. The van der Waals surface area contributed by atoms with Crippen molar-refractivity contribution >= 4 is 10.9 Å². The van der Waals surface area contributed by atoms with Gasteiger partial charge in [0.05, 0.1) is 5.52 Å². The summed E-state index contributed by atoms with van der Waals surface area (Å²) < 4.78 is 0.